The van der Waals surface area contributed by atoms with Crippen LogP contribution in [-0.2, 0) is 20.9 Å². The number of hydrogen-bond donors (Lipinski definition) is 1. The first-order chi connectivity index (χ1) is 14.5. The van der Waals surface area contributed by atoms with Crippen molar-refractivity contribution in [3.05, 3.63) is 65.9 Å². The number of hydrogen-bond acceptors (Lipinski definition) is 5. The number of methoxy groups -OCH3 is 1. The van der Waals surface area contributed by atoms with Crippen LogP contribution in [0.4, 0.5) is 13.2 Å². The van der Waals surface area contributed by atoms with Gasteiger partial charge in [-0.05, 0) is 47.9 Å². The van der Waals surface area contributed by atoms with Crippen LogP contribution in [0.15, 0.2) is 59.5 Å². The number of alkyl halides is 3. The van der Waals surface area contributed by atoms with Crippen LogP contribution in [0.1, 0.15) is 16.1 Å². The standard InChI is InChI=1S/C20H14F3N3O4S/c1-30-19(27)12-3-8-15-11(10-12)2-9-16-17(15)26(25-18(16)20(21,22)23)13-4-6-14(7-5-13)31(24,28)29/h2-10H,1H3,(H2,24,28,29). The van der Waals surface area contributed by atoms with E-state index in [1.54, 1.807) is 0 Å². The van der Waals surface area contributed by atoms with Crippen molar-refractivity contribution >= 4 is 37.7 Å². The van der Waals surface area contributed by atoms with Crippen molar-refractivity contribution in [2.45, 2.75) is 11.1 Å². The largest absolute Gasteiger partial charge is 0.465 e. The van der Waals surface area contributed by atoms with Gasteiger partial charge in [-0.3, -0.25) is 0 Å². The van der Waals surface area contributed by atoms with Crippen LogP contribution in [0.5, 0.6) is 0 Å². The SMILES string of the molecule is COC(=O)c1ccc2c(ccc3c(C(F)(F)F)nn(-c4ccc(S(N)(=O)=O)cc4)c32)c1. The molecule has 0 saturated carbocycles. The summed E-state index contributed by atoms with van der Waals surface area (Å²) in [6.45, 7) is 0. The smallest absolute Gasteiger partial charge is 0.435 e. The van der Waals surface area contributed by atoms with Crippen molar-refractivity contribution in [2.75, 3.05) is 7.11 Å². The van der Waals surface area contributed by atoms with Crippen LogP contribution in [0, 0.1) is 0 Å². The molecule has 0 saturated heterocycles. The highest BCUT2D eigenvalue weighted by Crippen LogP contribution is 2.38. The van der Waals surface area contributed by atoms with E-state index in [1.807, 2.05) is 0 Å². The molecule has 0 bridgehead atoms. The van der Waals surface area contributed by atoms with Crippen LogP contribution in [0.3, 0.4) is 0 Å². The van der Waals surface area contributed by atoms with Gasteiger partial charge in [0.15, 0.2) is 5.69 Å². The molecule has 0 atom stereocenters. The molecule has 160 valence electrons. The number of nitrogens with two attached hydrogens (primary N) is 1. The van der Waals surface area contributed by atoms with E-state index in [1.165, 1.54) is 61.7 Å². The number of halogens is 3. The molecule has 4 rings (SSSR count). The molecule has 0 aliphatic heterocycles. The van der Waals surface area contributed by atoms with Gasteiger partial charge in [0.2, 0.25) is 10.0 Å². The summed E-state index contributed by atoms with van der Waals surface area (Å²) in [5.74, 6) is -0.579. The van der Waals surface area contributed by atoms with Crippen LogP contribution in [-0.4, -0.2) is 31.3 Å². The summed E-state index contributed by atoms with van der Waals surface area (Å²) in [5.41, 5.74) is -0.479. The van der Waals surface area contributed by atoms with Crippen molar-refractivity contribution in [1.82, 2.24) is 9.78 Å². The molecule has 7 nitrogen and oxygen atoms in total. The number of nitrogens with zero attached hydrogens (tertiary/aromatic N) is 2. The maximum atomic E-state index is 13.7. The minimum absolute atomic E-state index is 0.138. The molecule has 11 heteroatoms. The lowest BCUT2D eigenvalue weighted by molar-refractivity contribution is -0.140. The Morgan fingerprint density at radius 2 is 1.68 bits per heavy atom. The molecule has 1 heterocycles. The lowest BCUT2D eigenvalue weighted by Crippen LogP contribution is -2.12. The zero-order valence-corrected chi connectivity index (χ0v) is 16.7. The lowest BCUT2D eigenvalue weighted by atomic mass is 10.0. The van der Waals surface area contributed by atoms with Gasteiger partial charge in [-0.2, -0.15) is 18.3 Å². The van der Waals surface area contributed by atoms with E-state index in [0.717, 1.165) is 4.68 Å². The van der Waals surface area contributed by atoms with Gasteiger partial charge in [0.05, 0.1) is 28.8 Å². The molecule has 3 aromatic carbocycles. The summed E-state index contributed by atoms with van der Waals surface area (Å²) in [6.07, 6.45) is -4.72. The normalized spacial score (nSPS) is 12.4. The fourth-order valence-corrected chi connectivity index (χ4v) is 3.87. The first-order valence-corrected chi connectivity index (χ1v) is 10.3. The Labute approximate surface area is 173 Å². The minimum atomic E-state index is -4.72. The lowest BCUT2D eigenvalue weighted by Gasteiger charge is -2.08. The number of primary sulfonamides is 1. The topological polar surface area (TPSA) is 104 Å². The first-order valence-electron chi connectivity index (χ1n) is 8.75. The fraction of sp³-hybridized carbons (Fsp3) is 0.100. The summed E-state index contributed by atoms with van der Waals surface area (Å²) in [7, 11) is -2.74. The second kappa shape index (κ2) is 7.06. The zero-order chi connectivity index (χ0) is 22.6. The second-order valence-electron chi connectivity index (χ2n) is 6.69. The molecule has 4 aromatic rings. The number of sulfonamides is 1. The van der Waals surface area contributed by atoms with Crippen LogP contribution in [0.25, 0.3) is 27.4 Å². The summed E-state index contributed by atoms with van der Waals surface area (Å²) in [6, 6.07) is 12.2. The monoisotopic (exact) mass is 449 g/mol. The molecule has 31 heavy (non-hydrogen) atoms. The zero-order valence-electron chi connectivity index (χ0n) is 15.8. The molecule has 0 fully saturated rings. The van der Waals surface area contributed by atoms with E-state index in [2.05, 4.69) is 9.84 Å². The van der Waals surface area contributed by atoms with Crippen LogP contribution in [0.2, 0.25) is 0 Å². The molecule has 0 aliphatic rings. The predicted molar refractivity (Wildman–Crippen MR) is 106 cm³/mol. The van der Waals surface area contributed by atoms with Crippen molar-refractivity contribution in [1.29, 1.82) is 0 Å². The summed E-state index contributed by atoms with van der Waals surface area (Å²) in [4.78, 5) is 11.6. The molecular formula is C20H14F3N3O4S. The van der Waals surface area contributed by atoms with Gasteiger partial charge in [0.1, 0.15) is 0 Å². The third-order valence-corrected chi connectivity index (χ3v) is 5.69. The Hall–Kier alpha value is -3.44. The average Bonchev–Trinajstić information content (AvgIpc) is 3.13. The number of esters is 1. The highest BCUT2D eigenvalue weighted by molar-refractivity contribution is 7.89. The Morgan fingerprint density at radius 1 is 1.03 bits per heavy atom. The fourth-order valence-electron chi connectivity index (χ4n) is 3.35. The summed E-state index contributed by atoms with van der Waals surface area (Å²) < 4.78 is 69.7. The number of fused-ring (bicyclic) bond motifs is 3. The van der Waals surface area contributed by atoms with Gasteiger partial charge >= 0.3 is 12.1 Å². The van der Waals surface area contributed by atoms with E-state index in [4.69, 9.17) is 5.14 Å². The quantitative estimate of drug-likeness (QED) is 0.481. The molecule has 2 N–H and O–H groups in total. The predicted octanol–water partition coefficient (Wildman–Crippen LogP) is 3.63. The van der Waals surface area contributed by atoms with Gasteiger partial charge in [0.25, 0.3) is 0 Å². The molecule has 0 spiro atoms. The number of carbonyl (C=O) groups is 1. The average molecular weight is 449 g/mol. The van der Waals surface area contributed by atoms with Gasteiger partial charge in [-0.25, -0.2) is 23.0 Å². The van der Waals surface area contributed by atoms with E-state index >= 15 is 0 Å². The molecular weight excluding hydrogens is 435 g/mol. The second-order valence-corrected chi connectivity index (χ2v) is 8.25. The van der Waals surface area contributed by atoms with Crippen LogP contribution < -0.4 is 5.14 Å². The number of carbonyl (C=O) groups excluding carboxylic acids is 1. The minimum Gasteiger partial charge on any atom is -0.465 e. The van der Waals surface area contributed by atoms with Gasteiger partial charge < -0.3 is 4.74 Å². The van der Waals surface area contributed by atoms with Gasteiger partial charge in [0, 0.05) is 10.8 Å². The van der Waals surface area contributed by atoms with Crippen LogP contribution >= 0.6 is 0 Å². The third-order valence-electron chi connectivity index (χ3n) is 4.76. The van der Waals surface area contributed by atoms with Gasteiger partial charge in [-0.1, -0.05) is 12.1 Å². The van der Waals surface area contributed by atoms with Crippen molar-refractivity contribution in [3.8, 4) is 5.69 Å². The molecule has 0 radical (unpaired) electrons. The van der Waals surface area contributed by atoms with Crippen molar-refractivity contribution in [2.24, 2.45) is 5.14 Å². The first kappa shape index (κ1) is 20.8. The van der Waals surface area contributed by atoms with E-state index in [-0.39, 0.29) is 27.0 Å². The molecule has 0 amide bonds. The van der Waals surface area contributed by atoms with Crippen molar-refractivity contribution < 1.29 is 31.1 Å². The Kier molecular flexibility index (Phi) is 4.74. The number of rotatable bonds is 3. The number of benzene rings is 3. The number of ether oxygens (including phenoxy) is 1. The Balaban J connectivity index is 2.03. The molecule has 0 aliphatic carbocycles. The third kappa shape index (κ3) is 3.62. The summed E-state index contributed by atoms with van der Waals surface area (Å²) in [5, 5.41) is 9.64. The molecule has 0 unspecified atom stereocenters. The van der Waals surface area contributed by atoms with Gasteiger partial charge in [-0.15, -0.1) is 0 Å². The van der Waals surface area contributed by atoms with Crippen molar-refractivity contribution in [3.63, 3.8) is 0 Å². The maximum Gasteiger partial charge on any atom is 0.435 e. The highest BCUT2D eigenvalue weighted by Gasteiger charge is 2.37. The highest BCUT2D eigenvalue weighted by atomic mass is 32.2. The Morgan fingerprint density at radius 3 is 2.26 bits per heavy atom. The number of aromatic nitrogens is 2. The van der Waals surface area contributed by atoms with E-state index in [0.29, 0.717) is 10.8 Å². The van der Waals surface area contributed by atoms with E-state index < -0.39 is 27.9 Å². The van der Waals surface area contributed by atoms with E-state index in [9.17, 15) is 26.4 Å². The molecule has 1 aromatic heterocycles. The maximum absolute atomic E-state index is 13.7. The Bertz CT molecular complexity index is 1440. The summed E-state index contributed by atoms with van der Waals surface area (Å²) >= 11 is 0.